The van der Waals surface area contributed by atoms with E-state index in [-0.39, 0.29) is 11.3 Å². The van der Waals surface area contributed by atoms with E-state index in [4.69, 9.17) is 5.73 Å². The first-order valence-electron chi connectivity index (χ1n) is 6.35. The van der Waals surface area contributed by atoms with Crippen molar-refractivity contribution in [2.24, 2.45) is 11.1 Å². The first-order chi connectivity index (χ1) is 8.65. The van der Waals surface area contributed by atoms with Gasteiger partial charge in [-0.3, -0.25) is 4.79 Å². The summed E-state index contributed by atoms with van der Waals surface area (Å²) in [6, 6.07) is 8.01. The van der Waals surface area contributed by atoms with Gasteiger partial charge in [0.15, 0.2) is 0 Å². The van der Waals surface area contributed by atoms with E-state index in [9.17, 15) is 4.79 Å². The van der Waals surface area contributed by atoms with Gasteiger partial charge < -0.3 is 11.1 Å². The Labute approximate surface area is 116 Å². The average Bonchev–Trinajstić information content (AvgIpc) is 3.16. The summed E-state index contributed by atoms with van der Waals surface area (Å²) in [6.45, 7) is 1.41. The van der Waals surface area contributed by atoms with E-state index in [0.29, 0.717) is 13.0 Å². The lowest BCUT2D eigenvalue weighted by molar-refractivity contribution is -0.121. The van der Waals surface area contributed by atoms with Crippen LogP contribution < -0.4 is 11.1 Å². The Morgan fingerprint density at radius 2 is 2.11 bits per heavy atom. The van der Waals surface area contributed by atoms with Gasteiger partial charge in [0.2, 0.25) is 5.91 Å². The zero-order valence-corrected chi connectivity index (χ0v) is 12.0. The van der Waals surface area contributed by atoms with Crippen molar-refractivity contribution in [1.82, 2.24) is 5.32 Å². The highest BCUT2D eigenvalue weighted by molar-refractivity contribution is 9.10. The van der Waals surface area contributed by atoms with Crippen LogP contribution in [0.3, 0.4) is 0 Å². The maximum Gasteiger partial charge on any atom is 0.220 e. The number of carbonyl (C=O) groups excluding carboxylic acids is 1. The standard InChI is InChI=1S/C14H19BrN2O/c15-12-4-2-1-3-11(12)5-6-13(18)17-10-14(9-16)7-8-14/h1-4H,5-10,16H2,(H,17,18). The number of benzene rings is 1. The molecule has 0 aliphatic heterocycles. The Kier molecular flexibility index (Phi) is 4.40. The number of aryl methyl sites for hydroxylation is 1. The van der Waals surface area contributed by atoms with Crippen LogP contribution in [0.15, 0.2) is 28.7 Å². The molecule has 1 amide bonds. The first-order valence-corrected chi connectivity index (χ1v) is 7.15. The number of carbonyl (C=O) groups is 1. The molecule has 1 saturated carbocycles. The molecule has 1 aliphatic carbocycles. The third kappa shape index (κ3) is 3.56. The van der Waals surface area contributed by atoms with Crippen molar-refractivity contribution in [3.63, 3.8) is 0 Å². The van der Waals surface area contributed by atoms with Crippen molar-refractivity contribution >= 4 is 21.8 Å². The minimum Gasteiger partial charge on any atom is -0.355 e. The fourth-order valence-electron chi connectivity index (χ4n) is 1.95. The molecule has 98 valence electrons. The van der Waals surface area contributed by atoms with Gasteiger partial charge in [0.25, 0.3) is 0 Å². The molecule has 2 rings (SSSR count). The quantitative estimate of drug-likeness (QED) is 0.846. The van der Waals surface area contributed by atoms with Gasteiger partial charge in [-0.15, -0.1) is 0 Å². The highest BCUT2D eigenvalue weighted by Crippen LogP contribution is 2.43. The third-order valence-electron chi connectivity index (χ3n) is 3.63. The molecule has 1 aromatic rings. The molecule has 0 aromatic heterocycles. The monoisotopic (exact) mass is 310 g/mol. The van der Waals surface area contributed by atoms with E-state index in [2.05, 4.69) is 21.2 Å². The Hall–Kier alpha value is -0.870. The van der Waals surface area contributed by atoms with Gasteiger partial charge in [-0.05, 0) is 42.9 Å². The maximum absolute atomic E-state index is 11.8. The Morgan fingerprint density at radius 3 is 2.72 bits per heavy atom. The van der Waals surface area contributed by atoms with Crippen molar-refractivity contribution in [3.05, 3.63) is 34.3 Å². The number of amides is 1. The van der Waals surface area contributed by atoms with Crippen LogP contribution in [0.4, 0.5) is 0 Å². The molecule has 0 unspecified atom stereocenters. The van der Waals surface area contributed by atoms with Gasteiger partial charge in [0.1, 0.15) is 0 Å². The van der Waals surface area contributed by atoms with Crippen LogP contribution in [0, 0.1) is 5.41 Å². The number of nitrogens with two attached hydrogens (primary N) is 1. The zero-order chi connectivity index (χ0) is 13.0. The van der Waals surface area contributed by atoms with Crippen LogP contribution in [0.5, 0.6) is 0 Å². The second kappa shape index (κ2) is 5.85. The summed E-state index contributed by atoms with van der Waals surface area (Å²) in [5.74, 6) is 0.116. The van der Waals surface area contributed by atoms with E-state index in [0.717, 1.165) is 30.3 Å². The van der Waals surface area contributed by atoms with Crippen LogP contribution in [0.1, 0.15) is 24.8 Å². The van der Waals surface area contributed by atoms with Gasteiger partial charge in [-0.25, -0.2) is 0 Å². The van der Waals surface area contributed by atoms with E-state index in [1.54, 1.807) is 0 Å². The van der Waals surface area contributed by atoms with Crippen molar-refractivity contribution in [3.8, 4) is 0 Å². The summed E-state index contributed by atoms with van der Waals surface area (Å²) in [6.07, 6.45) is 3.59. The molecule has 1 aliphatic rings. The van der Waals surface area contributed by atoms with Gasteiger partial charge in [-0.2, -0.15) is 0 Å². The molecule has 1 fully saturated rings. The molecule has 3 N–H and O–H groups in total. The smallest absolute Gasteiger partial charge is 0.220 e. The van der Waals surface area contributed by atoms with Crippen LogP contribution in [-0.2, 0) is 11.2 Å². The molecule has 0 spiro atoms. The van der Waals surface area contributed by atoms with Crippen LogP contribution in [-0.4, -0.2) is 19.0 Å². The lowest BCUT2D eigenvalue weighted by Crippen LogP contribution is -2.33. The van der Waals surface area contributed by atoms with Gasteiger partial charge in [0, 0.05) is 17.4 Å². The average molecular weight is 311 g/mol. The number of nitrogens with one attached hydrogen (secondary N) is 1. The minimum atomic E-state index is 0.116. The second-order valence-electron chi connectivity index (χ2n) is 5.07. The molecule has 0 heterocycles. The van der Waals surface area contributed by atoms with Crippen molar-refractivity contribution in [1.29, 1.82) is 0 Å². The maximum atomic E-state index is 11.8. The Morgan fingerprint density at radius 1 is 1.39 bits per heavy atom. The van der Waals surface area contributed by atoms with Crippen LogP contribution in [0.25, 0.3) is 0 Å². The van der Waals surface area contributed by atoms with E-state index in [1.165, 1.54) is 5.56 Å². The van der Waals surface area contributed by atoms with Crippen molar-refractivity contribution in [2.75, 3.05) is 13.1 Å². The number of halogens is 1. The minimum absolute atomic E-state index is 0.116. The summed E-state index contributed by atoms with van der Waals surface area (Å²) in [5.41, 5.74) is 7.07. The molecule has 0 radical (unpaired) electrons. The summed E-state index contributed by atoms with van der Waals surface area (Å²) < 4.78 is 1.07. The fourth-order valence-corrected chi connectivity index (χ4v) is 2.44. The number of hydrogen-bond donors (Lipinski definition) is 2. The third-order valence-corrected chi connectivity index (χ3v) is 4.40. The second-order valence-corrected chi connectivity index (χ2v) is 5.93. The molecule has 4 heteroatoms. The molecule has 1 aromatic carbocycles. The molecular weight excluding hydrogens is 292 g/mol. The molecular formula is C14H19BrN2O. The zero-order valence-electron chi connectivity index (χ0n) is 10.4. The largest absolute Gasteiger partial charge is 0.355 e. The summed E-state index contributed by atoms with van der Waals surface area (Å²) >= 11 is 3.49. The van der Waals surface area contributed by atoms with Crippen LogP contribution in [0.2, 0.25) is 0 Å². The number of hydrogen-bond acceptors (Lipinski definition) is 2. The molecule has 18 heavy (non-hydrogen) atoms. The van der Waals surface area contributed by atoms with E-state index >= 15 is 0 Å². The predicted octanol–water partition coefficient (Wildman–Crippen LogP) is 2.24. The van der Waals surface area contributed by atoms with Gasteiger partial charge >= 0.3 is 0 Å². The molecule has 0 atom stereocenters. The van der Waals surface area contributed by atoms with Gasteiger partial charge in [-0.1, -0.05) is 34.1 Å². The first kappa shape index (κ1) is 13.6. The summed E-state index contributed by atoms with van der Waals surface area (Å²) in [7, 11) is 0. The lowest BCUT2D eigenvalue weighted by Gasteiger charge is -2.13. The van der Waals surface area contributed by atoms with E-state index in [1.807, 2.05) is 24.3 Å². The molecule has 0 saturated heterocycles. The highest BCUT2D eigenvalue weighted by Gasteiger charge is 2.41. The topological polar surface area (TPSA) is 55.1 Å². The van der Waals surface area contributed by atoms with Crippen LogP contribution >= 0.6 is 15.9 Å². The SMILES string of the molecule is NCC1(CNC(=O)CCc2ccccc2Br)CC1. The fraction of sp³-hybridized carbons (Fsp3) is 0.500. The van der Waals surface area contributed by atoms with Gasteiger partial charge in [0.05, 0.1) is 0 Å². The Bertz CT molecular complexity index is 430. The van der Waals surface area contributed by atoms with Crippen molar-refractivity contribution < 1.29 is 4.79 Å². The summed E-state index contributed by atoms with van der Waals surface area (Å²) in [5, 5.41) is 2.99. The Balaban J connectivity index is 1.74. The number of rotatable bonds is 6. The molecule has 0 bridgehead atoms. The predicted molar refractivity (Wildman–Crippen MR) is 76.2 cm³/mol. The van der Waals surface area contributed by atoms with E-state index < -0.39 is 0 Å². The highest BCUT2D eigenvalue weighted by atomic mass is 79.9. The van der Waals surface area contributed by atoms with Crippen molar-refractivity contribution in [2.45, 2.75) is 25.7 Å². The normalized spacial score (nSPS) is 16.3. The molecule has 3 nitrogen and oxygen atoms in total. The summed E-state index contributed by atoms with van der Waals surface area (Å²) in [4.78, 5) is 11.8. The lowest BCUT2D eigenvalue weighted by atomic mass is 10.1.